The van der Waals surface area contributed by atoms with E-state index in [1.807, 2.05) is 40.0 Å². The second kappa shape index (κ2) is 12.0. The zero-order valence-electron chi connectivity index (χ0n) is 18.6. The zero-order valence-corrected chi connectivity index (χ0v) is 22.7. The van der Waals surface area contributed by atoms with Gasteiger partial charge in [-0.05, 0) is 38.0 Å². The number of aryl methyl sites for hydroxylation is 1. The Morgan fingerprint density at radius 3 is 2.48 bits per heavy atom. The number of amides is 2. The summed E-state index contributed by atoms with van der Waals surface area (Å²) in [4.78, 5) is 25.2. The topological polar surface area (TPSA) is 112 Å². The molecular weight excluding hydrogens is 618 g/mol. The molecular formula is C22H29N6O2U-. The number of nitrogens with one attached hydrogen (secondary N) is 3. The van der Waals surface area contributed by atoms with Crippen molar-refractivity contribution in [2.45, 2.75) is 33.3 Å². The van der Waals surface area contributed by atoms with Gasteiger partial charge in [-0.1, -0.05) is 6.92 Å². The molecule has 0 radical (unpaired) electrons. The minimum atomic E-state index is -0.568. The summed E-state index contributed by atoms with van der Waals surface area (Å²) < 4.78 is 0. The third-order valence-electron chi connectivity index (χ3n) is 4.67. The van der Waals surface area contributed by atoms with Gasteiger partial charge < -0.3 is 23.2 Å². The maximum atomic E-state index is 11.7. The summed E-state index contributed by atoms with van der Waals surface area (Å²) in [7, 11) is 1.81. The smallest absolute Gasteiger partial charge is 0.320 e. The zero-order chi connectivity index (χ0) is 21.0. The quantitative estimate of drug-likeness (QED) is 0.301. The first-order chi connectivity index (χ1) is 14.0. The van der Waals surface area contributed by atoms with Gasteiger partial charge in [-0.15, -0.1) is 0 Å². The number of rotatable bonds is 6. The number of fused-ring (bicyclic) bond motifs is 1. The summed E-state index contributed by atoms with van der Waals surface area (Å²) in [5.74, 6) is 1.13. The van der Waals surface area contributed by atoms with E-state index in [1.54, 1.807) is 18.5 Å². The Balaban J connectivity index is 0.00000240. The predicted octanol–water partition coefficient (Wildman–Crippen LogP) is 4.08. The van der Waals surface area contributed by atoms with Gasteiger partial charge in [-0.25, -0.2) is 14.8 Å². The van der Waals surface area contributed by atoms with E-state index in [2.05, 4.69) is 25.9 Å². The van der Waals surface area contributed by atoms with Crippen molar-refractivity contribution in [1.29, 1.82) is 0 Å². The van der Waals surface area contributed by atoms with Gasteiger partial charge >= 0.3 is 6.03 Å². The van der Waals surface area contributed by atoms with Crippen LogP contribution >= 0.6 is 0 Å². The summed E-state index contributed by atoms with van der Waals surface area (Å²) in [6.45, 7) is 6.29. The fourth-order valence-electron chi connectivity index (χ4n) is 3.10. The number of urea groups is 1. The number of aliphatic hydroxyl groups excluding tert-OH is 1. The average molecular weight is 648 g/mol. The summed E-state index contributed by atoms with van der Waals surface area (Å²) >= 11 is 0. The van der Waals surface area contributed by atoms with Crippen molar-refractivity contribution in [3.63, 3.8) is 0 Å². The second-order valence-corrected chi connectivity index (χ2v) is 6.73. The molecule has 8 nitrogen and oxygen atoms in total. The standard InChI is InChI=1S/C21H26N6O2.CH3.U/c1-5-18(28)17-7-12(3)15(11-24-17)14-8-13-10-25-19(27-21(29)23-6-2)9-16(13)26-20(14)22-4;;/h7-11,18,28H,5-6H2,1-4H3,(H,22,26)(H2,23,25,27,29);1H3;/q;-1;. The number of carbonyl (C=O) groups is 1. The largest absolute Gasteiger partial charge is 0.387 e. The molecule has 3 aromatic heterocycles. The van der Waals surface area contributed by atoms with Crippen molar-refractivity contribution < 1.29 is 41.0 Å². The van der Waals surface area contributed by atoms with E-state index in [-0.39, 0.29) is 44.6 Å². The molecule has 0 saturated heterocycles. The van der Waals surface area contributed by atoms with E-state index in [0.717, 1.165) is 22.1 Å². The number of nitrogens with zero attached hydrogens (tertiary/aromatic N) is 3. The van der Waals surface area contributed by atoms with Crippen molar-refractivity contribution in [2.75, 3.05) is 24.2 Å². The van der Waals surface area contributed by atoms with Gasteiger partial charge in [0.05, 0.1) is 17.3 Å². The Kier molecular flexibility index (Phi) is 10.4. The minimum absolute atomic E-state index is 0. The van der Waals surface area contributed by atoms with Crippen LogP contribution < -0.4 is 16.0 Å². The third kappa shape index (κ3) is 6.16. The van der Waals surface area contributed by atoms with Crippen LogP contribution in [0.2, 0.25) is 0 Å². The molecule has 31 heavy (non-hydrogen) atoms. The molecule has 0 aliphatic carbocycles. The molecule has 0 aliphatic heterocycles. The van der Waals surface area contributed by atoms with Crippen LogP contribution in [0, 0.1) is 45.5 Å². The predicted molar refractivity (Wildman–Crippen MR) is 121 cm³/mol. The first-order valence-electron chi connectivity index (χ1n) is 9.65. The normalized spacial score (nSPS) is 11.1. The first-order valence-corrected chi connectivity index (χ1v) is 9.65. The summed E-state index contributed by atoms with van der Waals surface area (Å²) in [6, 6.07) is 5.34. The van der Waals surface area contributed by atoms with E-state index < -0.39 is 6.10 Å². The number of aromatic nitrogens is 3. The number of hydrogen-bond donors (Lipinski definition) is 4. The molecule has 2 amide bonds. The van der Waals surface area contributed by atoms with Crippen molar-refractivity contribution in [3.05, 3.63) is 49.3 Å². The fraction of sp³-hybridized carbons (Fsp3) is 0.318. The molecule has 4 N–H and O–H groups in total. The van der Waals surface area contributed by atoms with E-state index in [1.165, 1.54) is 0 Å². The van der Waals surface area contributed by atoms with Gasteiger partial charge in [-0.3, -0.25) is 10.3 Å². The molecule has 0 saturated carbocycles. The Hall–Kier alpha value is -2.21. The Labute approximate surface area is 207 Å². The second-order valence-electron chi connectivity index (χ2n) is 6.73. The van der Waals surface area contributed by atoms with Crippen LogP contribution in [-0.2, 0) is 0 Å². The van der Waals surface area contributed by atoms with E-state index >= 15 is 0 Å². The van der Waals surface area contributed by atoms with Crippen molar-refractivity contribution in [3.8, 4) is 11.1 Å². The molecule has 3 aromatic rings. The first kappa shape index (κ1) is 26.8. The molecule has 0 bridgehead atoms. The van der Waals surface area contributed by atoms with Crippen LogP contribution in [0.4, 0.5) is 16.4 Å². The molecule has 0 spiro atoms. The Morgan fingerprint density at radius 2 is 1.87 bits per heavy atom. The van der Waals surface area contributed by atoms with E-state index in [9.17, 15) is 9.90 Å². The van der Waals surface area contributed by atoms with Gasteiger partial charge in [0.2, 0.25) is 0 Å². The molecule has 9 heteroatoms. The van der Waals surface area contributed by atoms with Gasteiger partial charge in [0.1, 0.15) is 11.6 Å². The number of pyridine rings is 3. The number of hydrogen-bond acceptors (Lipinski definition) is 6. The Bertz CT molecular complexity index is 1040. The summed E-state index contributed by atoms with van der Waals surface area (Å²) in [5, 5.41) is 19.4. The number of carbonyl (C=O) groups excluding carboxylic acids is 1. The van der Waals surface area contributed by atoms with Crippen LogP contribution in [0.25, 0.3) is 22.0 Å². The summed E-state index contributed by atoms with van der Waals surface area (Å²) in [5.41, 5.74) is 4.21. The maximum Gasteiger partial charge on any atom is 0.320 e. The number of anilines is 2. The maximum absolute atomic E-state index is 11.7. The molecule has 164 valence electrons. The Morgan fingerprint density at radius 1 is 1.13 bits per heavy atom. The molecule has 0 fully saturated rings. The van der Waals surface area contributed by atoms with Crippen LogP contribution in [-0.4, -0.2) is 39.7 Å². The fourth-order valence-corrected chi connectivity index (χ4v) is 3.10. The molecule has 0 aromatic carbocycles. The van der Waals surface area contributed by atoms with Crippen molar-refractivity contribution in [2.24, 2.45) is 0 Å². The van der Waals surface area contributed by atoms with Gasteiger partial charge in [-0.2, -0.15) is 0 Å². The molecule has 3 rings (SSSR count). The van der Waals surface area contributed by atoms with Crippen LogP contribution in [0.1, 0.15) is 37.6 Å². The van der Waals surface area contributed by atoms with Gasteiger partial charge in [0.15, 0.2) is 0 Å². The molecule has 3 heterocycles. The van der Waals surface area contributed by atoms with E-state index in [4.69, 9.17) is 4.98 Å². The molecule has 0 aliphatic rings. The average Bonchev–Trinajstić information content (AvgIpc) is 2.72. The summed E-state index contributed by atoms with van der Waals surface area (Å²) in [6.07, 6.45) is 3.50. The molecule has 1 unspecified atom stereocenters. The third-order valence-corrected chi connectivity index (χ3v) is 4.67. The van der Waals surface area contributed by atoms with Gasteiger partial charge in [0, 0.05) is 79.7 Å². The minimum Gasteiger partial charge on any atom is -0.387 e. The van der Waals surface area contributed by atoms with Crippen molar-refractivity contribution >= 4 is 28.6 Å². The number of aliphatic hydroxyl groups is 1. The van der Waals surface area contributed by atoms with E-state index in [0.29, 0.717) is 35.8 Å². The van der Waals surface area contributed by atoms with Gasteiger partial charge in [0.25, 0.3) is 0 Å². The van der Waals surface area contributed by atoms with Crippen LogP contribution in [0.5, 0.6) is 0 Å². The van der Waals surface area contributed by atoms with Crippen molar-refractivity contribution in [1.82, 2.24) is 20.3 Å². The SMILES string of the molecule is CCNC(=O)Nc1cc2nc(NC)c(-c3cnc(C(O)CC)cc3C)cc2cn1.[CH3-].[U]. The van der Waals surface area contributed by atoms with Crippen LogP contribution in [0.15, 0.2) is 30.6 Å². The monoisotopic (exact) mass is 647 g/mol. The van der Waals surface area contributed by atoms with Crippen LogP contribution in [0.3, 0.4) is 0 Å². The molecule has 1 atom stereocenters.